The number of nitrogens with one attached hydrogen (secondary N) is 1. The summed E-state index contributed by atoms with van der Waals surface area (Å²) in [6, 6.07) is 19.9. The summed E-state index contributed by atoms with van der Waals surface area (Å²) in [4.78, 5) is 13.4. The van der Waals surface area contributed by atoms with Crippen molar-refractivity contribution in [2.75, 3.05) is 12.9 Å². The van der Waals surface area contributed by atoms with Crippen molar-refractivity contribution < 1.29 is 9.53 Å². The van der Waals surface area contributed by atoms with Crippen LogP contribution in [0.1, 0.15) is 31.2 Å². The minimum absolute atomic E-state index is 0.0546. The van der Waals surface area contributed by atoms with Gasteiger partial charge in [-0.1, -0.05) is 56.8 Å². The molecule has 10 heteroatoms. The molecular formula is C26H26BrN5O2S2. The van der Waals surface area contributed by atoms with Gasteiger partial charge in [-0.3, -0.25) is 9.36 Å². The van der Waals surface area contributed by atoms with E-state index in [0.29, 0.717) is 11.0 Å². The van der Waals surface area contributed by atoms with Crippen LogP contribution in [0.25, 0.3) is 17.1 Å². The Labute approximate surface area is 227 Å². The molecule has 1 amide bonds. The van der Waals surface area contributed by atoms with Crippen LogP contribution in [0, 0.1) is 0 Å². The van der Waals surface area contributed by atoms with Crippen molar-refractivity contribution in [2.24, 2.45) is 5.10 Å². The Morgan fingerprint density at radius 3 is 2.44 bits per heavy atom. The van der Waals surface area contributed by atoms with Gasteiger partial charge in [0.25, 0.3) is 5.91 Å². The number of methoxy groups -OCH3 is 1. The Bertz CT molecular complexity index is 1360. The fourth-order valence-corrected chi connectivity index (χ4v) is 5.40. The van der Waals surface area contributed by atoms with Crippen molar-refractivity contribution in [3.8, 4) is 22.8 Å². The topological polar surface area (TPSA) is 81.4 Å². The third-order valence-corrected chi connectivity index (χ3v) is 7.77. The van der Waals surface area contributed by atoms with Crippen molar-refractivity contribution in [1.29, 1.82) is 0 Å². The zero-order valence-electron chi connectivity index (χ0n) is 20.4. The Hall–Kier alpha value is -2.95. The van der Waals surface area contributed by atoms with Crippen LogP contribution < -0.4 is 10.2 Å². The van der Waals surface area contributed by atoms with Crippen LogP contribution in [0.4, 0.5) is 0 Å². The fourth-order valence-electron chi connectivity index (χ4n) is 3.36. The molecule has 0 atom stereocenters. The molecule has 2 heterocycles. The molecule has 4 aromatic rings. The van der Waals surface area contributed by atoms with E-state index in [1.54, 1.807) is 13.3 Å². The molecule has 1 N–H and O–H groups in total. The number of hydrogen-bond donors (Lipinski definition) is 1. The molecule has 186 valence electrons. The van der Waals surface area contributed by atoms with Crippen molar-refractivity contribution in [2.45, 2.75) is 31.3 Å². The van der Waals surface area contributed by atoms with Crippen LogP contribution in [0.5, 0.6) is 5.75 Å². The largest absolute Gasteiger partial charge is 0.497 e. The summed E-state index contributed by atoms with van der Waals surface area (Å²) >= 11 is 6.25. The van der Waals surface area contributed by atoms with Crippen LogP contribution in [-0.4, -0.2) is 39.7 Å². The lowest BCUT2D eigenvalue weighted by Crippen LogP contribution is -2.19. The molecule has 0 saturated heterocycles. The molecule has 4 rings (SSSR count). The third kappa shape index (κ3) is 6.43. The number of hydrogen-bond acceptors (Lipinski definition) is 7. The number of hydrazone groups is 1. The van der Waals surface area contributed by atoms with Crippen LogP contribution in [-0.2, 0) is 10.2 Å². The second-order valence-electron chi connectivity index (χ2n) is 8.89. The third-order valence-electron chi connectivity index (χ3n) is 5.28. The fraction of sp³-hybridized carbons (Fsp3) is 0.231. The Morgan fingerprint density at radius 2 is 1.83 bits per heavy atom. The predicted molar refractivity (Wildman–Crippen MR) is 151 cm³/mol. The molecule has 0 unspecified atom stereocenters. The van der Waals surface area contributed by atoms with Crippen LogP contribution >= 0.6 is 39.0 Å². The summed E-state index contributed by atoms with van der Waals surface area (Å²) in [5.41, 5.74) is 5.68. The molecule has 7 nitrogen and oxygen atoms in total. The van der Waals surface area contributed by atoms with E-state index in [9.17, 15) is 4.79 Å². The zero-order valence-corrected chi connectivity index (χ0v) is 23.6. The minimum atomic E-state index is -0.229. The van der Waals surface area contributed by atoms with Gasteiger partial charge in [-0.25, -0.2) is 5.43 Å². The highest BCUT2D eigenvalue weighted by Crippen LogP contribution is 2.30. The van der Waals surface area contributed by atoms with Crippen molar-refractivity contribution in [3.63, 3.8) is 0 Å². The first-order valence-electron chi connectivity index (χ1n) is 11.2. The number of carbonyl (C=O) groups excluding carboxylic acids is 1. The molecule has 2 aromatic heterocycles. The number of aromatic nitrogens is 3. The first-order chi connectivity index (χ1) is 17.2. The smallest absolute Gasteiger partial charge is 0.250 e. The second-order valence-corrected chi connectivity index (χ2v) is 12.3. The Balaban J connectivity index is 1.56. The van der Waals surface area contributed by atoms with Gasteiger partial charge < -0.3 is 4.74 Å². The molecule has 0 saturated carbocycles. The van der Waals surface area contributed by atoms with Gasteiger partial charge in [0.15, 0.2) is 11.0 Å². The number of amides is 1. The van der Waals surface area contributed by atoms with Gasteiger partial charge in [-0.2, -0.15) is 5.10 Å². The standard InChI is InChI=1S/C26H26BrN5O2S2/c1-26(2,3)18-7-5-17(6-8-18)24-30-31-25(32(24)19-9-11-20(34-4)12-10-19)35-16-23(33)29-28-15-21-13-14-22(27)36-21/h5-15H,16H2,1-4H3,(H,29,33)/b28-15+. The van der Waals surface area contributed by atoms with Gasteiger partial charge in [0.05, 0.1) is 22.9 Å². The van der Waals surface area contributed by atoms with Gasteiger partial charge in [0, 0.05) is 16.1 Å². The predicted octanol–water partition coefficient (Wildman–Crippen LogP) is 6.31. The lowest BCUT2D eigenvalue weighted by molar-refractivity contribution is -0.118. The van der Waals surface area contributed by atoms with Gasteiger partial charge in [-0.05, 0) is 63.3 Å². The van der Waals surface area contributed by atoms with Gasteiger partial charge in [-0.15, -0.1) is 21.5 Å². The molecule has 2 aromatic carbocycles. The first kappa shape index (κ1) is 26.1. The van der Waals surface area contributed by atoms with Crippen LogP contribution in [0.3, 0.4) is 0 Å². The summed E-state index contributed by atoms with van der Waals surface area (Å²) in [5, 5.41) is 13.5. The molecule has 0 aliphatic carbocycles. The number of carbonyl (C=O) groups is 1. The highest BCUT2D eigenvalue weighted by atomic mass is 79.9. The zero-order chi connectivity index (χ0) is 25.7. The monoisotopic (exact) mass is 583 g/mol. The molecule has 0 aliphatic rings. The maximum absolute atomic E-state index is 12.4. The van der Waals surface area contributed by atoms with Crippen LogP contribution in [0.2, 0.25) is 0 Å². The van der Waals surface area contributed by atoms with Crippen molar-refractivity contribution >= 4 is 51.2 Å². The van der Waals surface area contributed by atoms with E-state index in [-0.39, 0.29) is 17.1 Å². The first-order valence-corrected chi connectivity index (χ1v) is 13.7. The SMILES string of the molecule is COc1ccc(-n2c(SCC(=O)N/N=C/c3ccc(Br)s3)nnc2-c2ccc(C(C)(C)C)cc2)cc1. The van der Waals surface area contributed by atoms with E-state index in [1.807, 2.05) is 41.0 Å². The van der Waals surface area contributed by atoms with Gasteiger partial charge in [0.2, 0.25) is 0 Å². The second kappa shape index (κ2) is 11.4. The highest BCUT2D eigenvalue weighted by molar-refractivity contribution is 9.11. The number of thioether (sulfide) groups is 1. The van der Waals surface area contributed by atoms with Crippen molar-refractivity contribution in [3.05, 3.63) is 74.9 Å². The number of thiophene rings is 1. The minimum Gasteiger partial charge on any atom is -0.497 e. The Kier molecular flexibility index (Phi) is 8.28. The normalized spacial score (nSPS) is 11.7. The highest BCUT2D eigenvalue weighted by Gasteiger charge is 2.19. The lowest BCUT2D eigenvalue weighted by Gasteiger charge is -2.19. The van der Waals surface area contributed by atoms with E-state index in [0.717, 1.165) is 25.7 Å². The maximum Gasteiger partial charge on any atom is 0.250 e. The molecule has 36 heavy (non-hydrogen) atoms. The molecule has 0 radical (unpaired) electrons. The number of halogens is 1. The number of rotatable bonds is 8. The summed E-state index contributed by atoms with van der Waals surface area (Å²) < 4.78 is 8.27. The summed E-state index contributed by atoms with van der Waals surface area (Å²) in [6.45, 7) is 6.56. The molecule has 0 fully saturated rings. The number of nitrogens with zero attached hydrogens (tertiary/aromatic N) is 4. The summed E-state index contributed by atoms with van der Waals surface area (Å²) in [5.74, 6) is 1.37. The van der Waals surface area contributed by atoms with E-state index >= 15 is 0 Å². The quantitative estimate of drug-likeness (QED) is 0.149. The van der Waals surface area contributed by atoms with Crippen LogP contribution in [0.15, 0.2) is 74.7 Å². The maximum atomic E-state index is 12.4. The molecule has 0 aliphatic heterocycles. The van der Waals surface area contributed by atoms with E-state index < -0.39 is 0 Å². The summed E-state index contributed by atoms with van der Waals surface area (Å²) in [6.07, 6.45) is 1.62. The average molecular weight is 585 g/mol. The lowest BCUT2D eigenvalue weighted by atomic mass is 9.87. The van der Waals surface area contributed by atoms with Gasteiger partial charge >= 0.3 is 0 Å². The molecule has 0 spiro atoms. The number of benzene rings is 2. The van der Waals surface area contributed by atoms with E-state index in [4.69, 9.17) is 4.74 Å². The summed E-state index contributed by atoms with van der Waals surface area (Å²) in [7, 11) is 1.63. The van der Waals surface area contributed by atoms with E-state index in [1.165, 1.54) is 28.7 Å². The van der Waals surface area contributed by atoms with Crippen molar-refractivity contribution in [1.82, 2.24) is 20.2 Å². The number of ether oxygens (including phenoxy) is 1. The Morgan fingerprint density at radius 1 is 1.11 bits per heavy atom. The van der Waals surface area contributed by atoms with Gasteiger partial charge in [0.1, 0.15) is 5.75 Å². The molecule has 0 bridgehead atoms. The van der Waals surface area contributed by atoms with E-state index in [2.05, 4.69) is 81.7 Å². The average Bonchev–Trinajstić information content (AvgIpc) is 3.48. The molecular weight excluding hydrogens is 558 g/mol.